The van der Waals surface area contributed by atoms with E-state index in [0.29, 0.717) is 20.1 Å². The monoisotopic (exact) mass is 444 g/mol. The third-order valence-electron chi connectivity index (χ3n) is 3.24. The predicted molar refractivity (Wildman–Crippen MR) is 91.1 cm³/mol. The van der Waals surface area contributed by atoms with Crippen LogP contribution in [0.25, 0.3) is 0 Å². The van der Waals surface area contributed by atoms with Crippen LogP contribution in [0.3, 0.4) is 0 Å². The van der Waals surface area contributed by atoms with E-state index in [0.717, 1.165) is 0 Å². The summed E-state index contributed by atoms with van der Waals surface area (Å²) in [6.07, 6.45) is 0. The molecule has 0 aliphatic heterocycles. The molecule has 0 spiro atoms. The van der Waals surface area contributed by atoms with Gasteiger partial charge >= 0.3 is 11.4 Å². The first-order valence-corrected chi connectivity index (χ1v) is 7.87. The summed E-state index contributed by atoms with van der Waals surface area (Å²) >= 11 is 6.44. The maximum atomic E-state index is 11.3. The summed E-state index contributed by atoms with van der Waals surface area (Å²) in [5.41, 5.74) is 0.275. The van der Waals surface area contributed by atoms with Crippen molar-refractivity contribution < 1.29 is 14.6 Å². The van der Waals surface area contributed by atoms with Crippen LogP contribution in [0.5, 0.6) is 11.5 Å². The Morgan fingerprint density at radius 3 is 1.48 bits per heavy atom. The lowest BCUT2D eigenvalue weighted by Crippen LogP contribution is -2.00. The zero-order chi connectivity index (χ0) is 17.3. The molecule has 2 aromatic carbocycles. The van der Waals surface area contributed by atoms with Gasteiger partial charge in [-0.25, -0.2) is 0 Å². The summed E-state index contributed by atoms with van der Waals surface area (Å²) in [6, 6.07) is 5.98. The highest BCUT2D eigenvalue weighted by atomic mass is 79.9. The van der Waals surface area contributed by atoms with Gasteiger partial charge in [-0.3, -0.25) is 20.2 Å². The minimum atomic E-state index is -0.576. The first kappa shape index (κ1) is 17.4. The molecule has 2 rings (SSSR count). The topological polar surface area (TPSA) is 95.5 Å². The lowest BCUT2D eigenvalue weighted by atomic mass is 10.1. The van der Waals surface area contributed by atoms with Gasteiger partial charge in [0, 0.05) is 20.1 Å². The van der Waals surface area contributed by atoms with E-state index in [9.17, 15) is 20.2 Å². The Morgan fingerprint density at radius 1 is 0.826 bits per heavy atom. The molecule has 120 valence electrons. The summed E-state index contributed by atoms with van der Waals surface area (Å²) in [6.45, 7) is 3.13. The standard InChI is InChI=1S/C14H10Br2N2O5/c1-7-9(15)3-5-11(13(7)17(19)20)23-12-6-4-10(16)8(2)14(12)18(21)22/h3-6H,1-2H3. The summed E-state index contributed by atoms with van der Waals surface area (Å²) in [5.74, 6) is -0.110. The lowest BCUT2D eigenvalue weighted by molar-refractivity contribution is -0.388. The zero-order valence-corrected chi connectivity index (χ0v) is 15.2. The van der Waals surface area contributed by atoms with Crippen LogP contribution >= 0.6 is 31.9 Å². The Hall–Kier alpha value is -2.00. The van der Waals surface area contributed by atoms with Crippen molar-refractivity contribution in [3.05, 3.63) is 64.6 Å². The Labute approximate surface area is 147 Å². The van der Waals surface area contributed by atoms with Crippen molar-refractivity contribution in [2.75, 3.05) is 0 Å². The number of nitro groups is 2. The molecule has 2 aromatic rings. The van der Waals surface area contributed by atoms with E-state index >= 15 is 0 Å². The quantitative estimate of drug-likeness (QED) is 0.461. The number of hydrogen-bond acceptors (Lipinski definition) is 5. The van der Waals surface area contributed by atoms with E-state index in [-0.39, 0.29) is 22.9 Å². The molecule has 23 heavy (non-hydrogen) atoms. The van der Waals surface area contributed by atoms with Crippen molar-refractivity contribution in [3.8, 4) is 11.5 Å². The average molecular weight is 446 g/mol. The van der Waals surface area contributed by atoms with Crippen LogP contribution in [0.2, 0.25) is 0 Å². The van der Waals surface area contributed by atoms with Gasteiger partial charge in [-0.2, -0.15) is 0 Å². The van der Waals surface area contributed by atoms with Crippen molar-refractivity contribution in [1.82, 2.24) is 0 Å². The fraction of sp³-hybridized carbons (Fsp3) is 0.143. The molecule has 0 aromatic heterocycles. The Bertz CT molecular complexity index is 756. The van der Waals surface area contributed by atoms with Gasteiger partial charge in [0.15, 0.2) is 0 Å². The first-order chi connectivity index (χ1) is 10.7. The molecule has 0 saturated carbocycles. The van der Waals surface area contributed by atoms with E-state index < -0.39 is 9.85 Å². The number of rotatable bonds is 4. The molecule has 7 nitrogen and oxygen atoms in total. The van der Waals surface area contributed by atoms with Gasteiger partial charge in [0.05, 0.1) is 9.85 Å². The maximum Gasteiger partial charge on any atom is 0.315 e. The molecular weight excluding hydrogens is 436 g/mol. The van der Waals surface area contributed by atoms with Crippen molar-refractivity contribution in [2.24, 2.45) is 0 Å². The zero-order valence-electron chi connectivity index (χ0n) is 12.0. The summed E-state index contributed by atoms with van der Waals surface area (Å²) < 4.78 is 6.62. The molecule has 0 atom stereocenters. The maximum absolute atomic E-state index is 11.3. The fourth-order valence-corrected chi connectivity index (χ4v) is 2.68. The van der Waals surface area contributed by atoms with Crippen LogP contribution in [0.4, 0.5) is 11.4 Å². The number of ether oxygens (including phenoxy) is 1. The van der Waals surface area contributed by atoms with Crippen molar-refractivity contribution in [3.63, 3.8) is 0 Å². The molecule has 0 heterocycles. The molecular formula is C14H10Br2N2O5. The highest BCUT2D eigenvalue weighted by Gasteiger charge is 2.26. The molecule has 0 N–H and O–H groups in total. The Kier molecular flexibility index (Phi) is 5.00. The normalized spacial score (nSPS) is 10.4. The number of halogens is 2. The highest BCUT2D eigenvalue weighted by Crippen LogP contribution is 2.42. The van der Waals surface area contributed by atoms with Gasteiger partial charge in [0.25, 0.3) is 0 Å². The van der Waals surface area contributed by atoms with Crippen molar-refractivity contribution in [2.45, 2.75) is 13.8 Å². The largest absolute Gasteiger partial charge is 0.443 e. The summed E-state index contributed by atoms with van der Waals surface area (Å²) in [5, 5.41) is 22.6. The van der Waals surface area contributed by atoms with Gasteiger partial charge in [-0.05, 0) is 38.1 Å². The van der Waals surface area contributed by atoms with Crippen LogP contribution in [0, 0.1) is 34.1 Å². The van der Waals surface area contributed by atoms with Gasteiger partial charge in [0.2, 0.25) is 11.5 Å². The van der Waals surface area contributed by atoms with E-state index in [1.165, 1.54) is 12.1 Å². The highest BCUT2D eigenvalue weighted by molar-refractivity contribution is 9.10. The number of hydrogen-bond donors (Lipinski definition) is 0. The predicted octanol–water partition coefficient (Wildman–Crippen LogP) is 5.44. The smallest absolute Gasteiger partial charge is 0.315 e. The van der Waals surface area contributed by atoms with Crippen molar-refractivity contribution >= 4 is 43.2 Å². The summed E-state index contributed by atoms with van der Waals surface area (Å²) in [7, 11) is 0. The third-order valence-corrected chi connectivity index (χ3v) is 4.96. The molecule has 0 aliphatic rings. The first-order valence-electron chi connectivity index (χ1n) is 6.29. The molecule has 0 unspecified atom stereocenters. The van der Waals surface area contributed by atoms with E-state index in [4.69, 9.17) is 4.74 Å². The van der Waals surface area contributed by atoms with Gasteiger partial charge < -0.3 is 4.74 Å². The second-order valence-corrected chi connectivity index (χ2v) is 6.36. The average Bonchev–Trinajstić information content (AvgIpc) is 2.46. The van der Waals surface area contributed by atoms with Gasteiger partial charge in [-0.15, -0.1) is 0 Å². The summed E-state index contributed by atoms with van der Waals surface area (Å²) in [4.78, 5) is 21.4. The SMILES string of the molecule is Cc1c(Br)ccc(Oc2ccc(Br)c(C)c2[N+](=O)[O-])c1[N+](=O)[O-]. The lowest BCUT2D eigenvalue weighted by Gasteiger charge is -2.11. The number of nitro benzene ring substituents is 2. The number of nitrogens with zero attached hydrogens (tertiary/aromatic N) is 2. The van der Waals surface area contributed by atoms with Gasteiger partial charge in [0.1, 0.15) is 0 Å². The van der Waals surface area contributed by atoms with E-state index in [1.807, 2.05) is 0 Å². The molecule has 0 radical (unpaired) electrons. The molecule has 0 fully saturated rings. The van der Waals surface area contributed by atoms with E-state index in [2.05, 4.69) is 31.9 Å². The van der Waals surface area contributed by atoms with Crippen LogP contribution < -0.4 is 4.74 Å². The second kappa shape index (κ2) is 6.63. The molecule has 0 aliphatic carbocycles. The van der Waals surface area contributed by atoms with Crippen LogP contribution in [0.1, 0.15) is 11.1 Å². The molecule has 0 amide bonds. The minimum absolute atomic E-state index is 0.0551. The fourth-order valence-electron chi connectivity index (χ4n) is 2.04. The second-order valence-electron chi connectivity index (χ2n) is 4.65. The van der Waals surface area contributed by atoms with Crippen LogP contribution in [-0.2, 0) is 0 Å². The third kappa shape index (κ3) is 3.35. The van der Waals surface area contributed by atoms with Crippen molar-refractivity contribution in [1.29, 1.82) is 0 Å². The van der Waals surface area contributed by atoms with Crippen LogP contribution in [-0.4, -0.2) is 9.85 Å². The van der Waals surface area contributed by atoms with Gasteiger partial charge in [-0.1, -0.05) is 31.9 Å². The van der Waals surface area contributed by atoms with E-state index in [1.54, 1.807) is 26.0 Å². The minimum Gasteiger partial charge on any atom is -0.443 e. The molecule has 9 heteroatoms. The molecule has 0 saturated heterocycles. The Morgan fingerprint density at radius 2 is 1.17 bits per heavy atom. The van der Waals surface area contributed by atoms with Crippen LogP contribution in [0.15, 0.2) is 33.2 Å². The number of benzene rings is 2. The molecule has 0 bridgehead atoms. The Balaban J connectivity index is 2.61.